The van der Waals surface area contributed by atoms with Gasteiger partial charge >= 0.3 is 0 Å². The molecule has 3 aromatic rings. The minimum absolute atomic E-state index is 0.0372. The molecular formula is C25H28N4O2S. The number of hydrogen-bond acceptors (Lipinski definition) is 5. The average molecular weight is 449 g/mol. The van der Waals surface area contributed by atoms with Crippen molar-refractivity contribution in [2.24, 2.45) is 0 Å². The molecule has 2 aromatic heterocycles. The maximum absolute atomic E-state index is 13.1. The first kappa shape index (κ1) is 22.3. The van der Waals surface area contributed by atoms with Crippen molar-refractivity contribution < 1.29 is 9.90 Å². The van der Waals surface area contributed by atoms with Crippen molar-refractivity contribution in [2.45, 2.75) is 51.3 Å². The van der Waals surface area contributed by atoms with Crippen LogP contribution in [0.4, 0.5) is 5.69 Å². The zero-order chi connectivity index (χ0) is 22.6. The van der Waals surface area contributed by atoms with E-state index in [2.05, 4.69) is 33.2 Å². The Morgan fingerprint density at radius 3 is 2.78 bits per heavy atom. The van der Waals surface area contributed by atoms with Gasteiger partial charge in [0.2, 0.25) is 5.91 Å². The molecule has 32 heavy (non-hydrogen) atoms. The van der Waals surface area contributed by atoms with Crippen LogP contribution in [0.5, 0.6) is 0 Å². The third-order valence-corrected chi connectivity index (χ3v) is 6.32. The number of amides is 1. The summed E-state index contributed by atoms with van der Waals surface area (Å²) in [5.41, 5.74) is 0.738. The average Bonchev–Trinajstić information content (AvgIpc) is 3.45. The van der Waals surface area contributed by atoms with Crippen LogP contribution in [-0.2, 0) is 11.3 Å². The Bertz CT molecular complexity index is 1100. The monoisotopic (exact) mass is 448 g/mol. The highest BCUT2D eigenvalue weighted by Gasteiger charge is 2.29. The van der Waals surface area contributed by atoms with Crippen molar-refractivity contribution in [2.75, 3.05) is 11.9 Å². The smallest absolute Gasteiger partial charge is 0.241 e. The zero-order valence-electron chi connectivity index (χ0n) is 18.4. The lowest BCUT2D eigenvalue weighted by Gasteiger charge is -2.34. The van der Waals surface area contributed by atoms with Crippen molar-refractivity contribution in [1.29, 1.82) is 0 Å². The predicted molar refractivity (Wildman–Crippen MR) is 128 cm³/mol. The first-order valence-corrected chi connectivity index (χ1v) is 11.7. The molecule has 2 N–H and O–H groups in total. The Hall–Kier alpha value is -2.92. The molecule has 0 spiro atoms. The molecule has 4 rings (SSSR count). The largest absolute Gasteiger partial charge is 0.378 e. The van der Waals surface area contributed by atoms with Crippen LogP contribution < -0.4 is 5.32 Å². The molecule has 0 radical (unpaired) electrons. The van der Waals surface area contributed by atoms with Crippen LogP contribution in [0.2, 0.25) is 0 Å². The maximum Gasteiger partial charge on any atom is 0.241 e. The minimum atomic E-state index is -1.00. The number of carbonyl (C=O) groups is 1. The number of hydrogen-bond donors (Lipinski definition) is 2. The Labute approximate surface area is 192 Å². The van der Waals surface area contributed by atoms with E-state index in [1.165, 1.54) is 4.88 Å². The van der Waals surface area contributed by atoms with Crippen molar-refractivity contribution in [1.82, 2.24) is 14.7 Å². The van der Waals surface area contributed by atoms with Gasteiger partial charge in [0.1, 0.15) is 5.60 Å². The standard InChI is InChI=1S/C25H28N4O2S/c1-25(2,31)14-13-21-11-12-22(32-21)18-28-16-4-3-6-23(28)24(30)27-19-7-9-20(10-8-19)29-17-5-15-26-29/h5,7-12,15,17,23,31H,3-4,6,16,18H2,1-2H3,(H,27,30)/t23-/m0/s1. The van der Waals surface area contributed by atoms with Gasteiger partial charge in [0.25, 0.3) is 0 Å². The number of aromatic nitrogens is 2. The van der Waals surface area contributed by atoms with E-state index in [9.17, 15) is 9.90 Å². The highest BCUT2D eigenvalue weighted by Crippen LogP contribution is 2.25. The number of nitrogens with one attached hydrogen (secondary N) is 1. The number of likely N-dealkylation sites (tertiary alicyclic amines) is 1. The SMILES string of the molecule is CC(C)(O)C#Cc1ccc(CN2CCCC[C@H]2C(=O)Nc2ccc(-n3cccn3)cc2)s1. The summed E-state index contributed by atoms with van der Waals surface area (Å²) in [4.78, 5) is 17.4. The summed E-state index contributed by atoms with van der Waals surface area (Å²) in [5, 5.41) is 17.1. The van der Waals surface area contributed by atoms with Gasteiger partial charge in [0.15, 0.2) is 0 Å². The van der Waals surface area contributed by atoms with E-state index in [-0.39, 0.29) is 11.9 Å². The molecule has 1 saturated heterocycles. The first-order chi connectivity index (χ1) is 15.4. The molecule has 1 aromatic carbocycles. The lowest BCUT2D eigenvalue weighted by Crippen LogP contribution is -2.46. The van der Waals surface area contributed by atoms with E-state index in [1.807, 2.05) is 42.6 Å². The number of anilines is 1. The van der Waals surface area contributed by atoms with Crippen LogP contribution in [0, 0.1) is 11.8 Å². The van der Waals surface area contributed by atoms with Crippen LogP contribution in [0.1, 0.15) is 42.9 Å². The summed E-state index contributed by atoms with van der Waals surface area (Å²) in [6.07, 6.45) is 6.64. The summed E-state index contributed by atoms with van der Waals surface area (Å²) in [6.45, 7) is 4.98. The second kappa shape index (κ2) is 9.70. The van der Waals surface area contributed by atoms with Gasteiger partial charge in [-0.15, -0.1) is 11.3 Å². The van der Waals surface area contributed by atoms with Crippen molar-refractivity contribution >= 4 is 22.9 Å². The van der Waals surface area contributed by atoms with Crippen LogP contribution in [0.3, 0.4) is 0 Å². The third-order valence-electron chi connectivity index (χ3n) is 5.33. The zero-order valence-corrected chi connectivity index (χ0v) is 19.2. The van der Waals surface area contributed by atoms with Crippen LogP contribution in [0.25, 0.3) is 5.69 Å². The Kier molecular flexibility index (Phi) is 6.75. The summed E-state index contributed by atoms with van der Waals surface area (Å²) < 4.78 is 1.79. The van der Waals surface area contributed by atoms with Gasteiger partial charge in [-0.2, -0.15) is 5.10 Å². The topological polar surface area (TPSA) is 70.4 Å². The van der Waals surface area contributed by atoms with Crippen LogP contribution >= 0.6 is 11.3 Å². The minimum Gasteiger partial charge on any atom is -0.378 e. The quantitative estimate of drug-likeness (QED) is 0.578. The fourth-order valence-electron chi connectivity index (χ4n) is 3.77. The van der Waals surface area contributed by atoms with Crippen molar-refractivity contribution in [3.63, 3.8) is 0 Å². The van der Waals surface area contributed by atoms with Gasteiger partial charge in [0.05, 0.1) is 16.6 Å². The normalized spacial score (nSPS) is 16.9. The molecule has 3 heterocycles. The number of thiophene rings is 1. The maximum atomic E-state index is 13.1. The molecule has 1 aliphatic rings. The molecular weight excluding hydrogens is 420 g/mol. The lowest BCUT2D eigenvalue weighted by molar-refractivity contribution is -0.122. The molecule has 0 bridgehead atoms. The molecule has 1 aliphatic heterocycles. The first-order valence-electron chi connectivity index (χ1n) is 10.9. The fraction of sp³-hybridized carbons (Fsp3) is 0.360. The van der Waals surface area contributed by atoms with E-state index >= 15 is 0 Å². The van der Waals surface area contributed by atoms with E-state index in [1.54, 1.807) is 36.1 Å². The molecule has 0 unspecified atom stereocenters. The van der Waals surface area contributed by atoms with E-state index in [0.717, 1.165) is 48.6 Å². The number of carbonyl (C=O) groups excluding carboxylic acids is 1. The van der Waals surface area contributed by atoms with E-state index in [4.69, 9.17) is 0 Å². The molecule has 6 nitrogen and oxygen atoms in total. The predicted octanol–water partition coefficient (Wildman–Crippen LogP) is 4.05. The molecule has 1 atom stereocenters. The molecule has 1 fully saturated rings. The summed E-state index contributed by atoms with van der Waals surface area (Å²) in [5.74, 6) is 5.93. The number of piperidine rings is 1. The number of nitrogens with zero attached hydrogens (tertiary/aromatic N) is 3. The van der Waals surface area contributed by atoms with Gasteiger partial charge in [-0.3, -0.25) is 9.69 Å². The number of rotatable bonds is 5. The summed E-state index contributed by atoms with van der Waals surface area (Å²) in [7, 11) is 0. The molecule has 0 saturated carbocycles. The lowest BCUT2D eigenvalue weighted by atomic mass is 10.0. The summed E-state index contributed by atoms with van der Waals surface area (Å²) in [6, 6.07) is 13.5. The van der Waals surface area contributed by atoms with Gasteiger partial charge in [-0.25, -0.2) is 4.68 Å². The van der Waals surface area contributed by atoms with Gasteiger partial charge in [-0.05, 0) is 75.7 Å². The van der Waals surface area contributed by atoms with E-state index < -0.39 is 5.60 Å². The summed E-state index contributed by atoms with van der Waals surface area (Å²) >= 11 is 1.62. The van der Waals surface area contributed by atoms with Crippen molar-refractivity contribution in [3.8, 4) is 17.5 Å². The number of benzene rings is 1. The fourth-order valence-corrected chi connectivity index (χ4v) is 4.65. The van der Waals surface area contributed by atoms with Gasteiger partial charge < -0.3 is 10.4 Å². The van der Waals surface area contributed by atoms with E-state index in [0.29, 0.717) is 0 Å². The molecule has 1 amide bonds. The second-order valence-corrected chi connectivity index (χ2v) is 9.71. The van der Waals surface area contributed by atoms with Crippen LogP contribution in [-0.4, -0.2) is 43.9 Å². The Morgan fingerprint density at radius 2 is 2.06 bits per heavy atom. The molecule has 166 valence electrons. The van der Waals surface area contributed by atoms with Crippen molar-refractivity contribution in [3.05, 3.63) is 64.6 Å². The third kappa shape index (κ3) is 5.86. The molecule has 0 aliphatic carbocycles. The second-order valence-electron chi connectivity index (χ2n) is 8.54. The Balaban J connectivity index is 1.40. The van der Waals surface area contributed by atoms with Gasteiger partial charge in [-0.1, -0.05) is 18.3 Å². The van der Waals surface area contributed by atoms with Crippen LogP contribution in [0.15, 0.2) is 54.9 Å². The highest BCUT2D eigenvalue weighted by molar-refractivity contribution is 7.12. The highest BCUT2D eigenvalue weighted by atomic mass is 32.1. The van der Waals surface area contributed by atoms with Gasteiger partial charge in [0, 0.05) is 29.5 Å². The molecule has 7 heteroatoms. The number of aliphatic hydroxyl groups is 1. The Morgan fingerprint density at radius 1 is 1.25 bits per heavy atom.